The van der Waals surface area contributed by atoms with E-state index >= 15 is 0 Å². The highest BCUT2D eigenvalue weighted by atomic mass is 35.5. The number of amides is 1. The molecule has 0 aliphatic rings. The van der Waals surface area contributed by atoms with Crippen LogP contribution in [0.5, 0.6) is 0 Å². The van der Waals surface area contributed by atoms with Crippen LogP contribution in [0, 0.1) is 0 Å². The minimum atomic E-state index is -0.625. The van der Waals surface area contributed by atoms with Gasteiger partial charge >= 0.3 is 11.7 Å². The molecule has 2 rings (SSSR count). The van der Waals surface area contributed by atoms with Gasteiger partial charge in [0.2, 0.25) is 0 Å². The number of carbonyl (C=O) groups excluding carboxylic acids is 1. The van der Waals surface area contributed by atoms with Crippen LogP contribution in [0.15, 0.2) is 23.0 Å². The molecule has 0 unspecified atom stereocenters. The monoisotopic (exact) mass is 323 g/mol. The lowest BCUT2D eigenvalue weighted by Gasteiger charge is -2.16. The Kier molecular flexibility index (Phi) is 4.97. The maximum absolute atomic E-state index is 12.5. The van der Waals surface area contributed by atoms with E-state index in [-0.39, 0.29) is 0 Å². The molecule has 0 radical (unpaired) electrons. The van der Waals surface area contributed by atoms with Gasteiger partial charge in [-0.1, -0.05) is 30.7 Å². The summed E-state index contributed by atoms with van der Waals surface area (Å²) < 4.78 is 1.83. The summed E-state index contributed by atoms with van der Waals surface area (Å²) in [6.07, 6.45) is 0.680. The van der Waals surface area contributed by atoms with Crippen molar-refractivity contribution in [3.63, 3.8) is 0 Å². The second-order valence-corrected chi connectivity index (χ2v) is 5.05. The van der Waals surface area contributed by atoms with Gasteiger partial charge in [-0.2, -0.15) is 4.68 Å². The van der Waals surface area contributed by atoms with Crippen LogP contribution < -0.4 is 5.69 Å². The number of nitrogens with zero attached hydrogens (tertiary/aromatic N) is 5. The lowest BCUT2D eigenvalue weighted by molar-refractivity contribution is 0.200. The van der Waals surface area contributed by atoms with Crippen LogP contribution in [0.3, 0.4) is 0 Å². The number of hydrogen-bond donors (Lipinski definition) is 0. The van der Waals surface area contributed by atoms with Crippen LogP contribution in [0.1, 0.15) is 26.3 Å². The van der Waals surface area contributed by atoms with Gasteiger partial charge in [0, 0.05) is 13.1 Å². The van der Waals surface area contributed by atoms with Crippen molar-refractivity contribution in [3.8, 4) is 5.69 Å². The van der Waals surface area contributed by atoms with E-state index in [1.54, 1.807) is 12.1 Å². The average Bonchev–Trinajstić information content (AvgIpc) is 2.89. The Morgan fingerprint density at radius 1 is 1.23 bits per heavy atom. The first-order chi connectivity index (χ1) is 10.5. The van der Waals surface area contributed by atoms with Crippen molar-refractivity contribution >= 4 is 17.6 Å². The summed E-state index contributed by atoms with van der Waals surface area (Å²) in [6.45, 7) is 6.59. The highest BCUT2D eigenvalue weighted by Gasteiger charge is 2.21. The standard InChI is InChI=1S/C14H18ClN5O2/c1-4-10-8-7-9-11(15)12(10)19-14(22)20(17-16-19)13(21)18(5-2)6-3/h7-9H,4-6H2,1-3H3. The summed E-state index contributed by atoms with van der Waals surface area (Å²) in [5.74, 6) is 0. The second kappa shape index (κ2) is 6.74. The molecular formula is C14H18ClN5O2. The molecule has 0 spiro atoms. The predicted molar refractivity (Wildman–Crippen MR) is 83.7 cm³/mol. The lowest BCUT2D eigenvalue weighted by atomic mass is 10.1. The molecule has 0 bridgehead atoms. The molecule has 2 aromatic rings. The minimum Gasteiger partial charge on any atom is -0.323 e. The summed E-state index contributed by atoms with van der Waals surface area (Å²) >= 11 is 6.19. The van der Waals surface area contributed by atoms with Gasteiger partial charge in [-0.15, -0.1) is 4.68 Å². The first kappa shape index (κ1) is 16.2. The van der Waals surface area contributed by atoms with E-state index in [0.29, 0.717) is 30.2 Å². The zero-order valence-corrected chi connectivity index (χ0v) is 13.5. The van der Waals surface area contributed by atoms with Gasteiger partial charge in [-0.05, 0) is 42.3 Å². The Morgan fingerprint density at radius 3 is 2.50 bits per heavy atom. The molecule has 22 heavy (non-hydrogen) atoms. The van der Waals surface area contributed by atoms with Crippen LogP contribution >= 0.6 is 11.6 Å². The molecule has 1 aromatic heterocycles. The molecule has 0 atom stereocenters. The molecule has 0 N–H and O–H groups in total. The molecule has 0 aliphatic carbocycles. The zero-order valence-electron chi connectivity index (χ0n) is 12.8. The van der Waals surface area contributed by atoms with E-state index in [4.69, 9.17) is 11.6 Å². The largest absolute Gasteiger partial charge is 0.377 e. The number of aromatic nitrogens is 4. The van der Waals surface area contributed by atoms with Crippen molar-refractivity contribution < 1.29 is 4.79 Å². The maximum Gasteiger partial charge on any atom is 0.377 e. The van der Waals surface area contributed by atoms with E-state index in [2.05, 4.69) is 10.4 Å². The van der Waals surface area contributed by atoms with Gasteiger partial charge < -0.3 is 4.90 Å². The van der Waals surface area contributed by atoms with Crippen molar-refractivity contribution in [1.82, 2.24) is 24.7 Å². The SMILES string of the molecule is CCc1cccc(Cl)c1-n1nnn(C(=O)N(CC)CC)c1=O. The van der Waals surface area contributed by atoms with E-state index in [1.807, 2.05) is 26.8 Å². The van der Waals surface area contributed by atoms with Crippen molar-refractivity contribution in [1.29, 1.82) is 0 Å². The number of hydrogen-bond acceptors (Lipinski definition) is 4. The molecule has 0 fully saturated rings. The van der Waals surface area contributed by atoms with Crippen LogP contribution in [-0.2, 0) is 6.42 Å². The highest BCUT2D eigenvalue weighted by molar-refractivity contribution is 6.32. The normalized spacial score (nSPS) is 10.7. The lowest BCUT2D eigenvalue weighted by Crippen LogP contribution is -2.40. The summed E-state index contributed by atoms with van der Waals surface area (Å²) in [7, 11) is 0. The average molecular weight is 324 g/mol. The Balaban J connectivity index is 2.54. The third-order valence-corrected chi connectivity index (χ3v) is 3.76. The molecular weight excluding hydrogens is 306 g/mol. The molecule has 1 aromatic carbocycles. The van der Waals surface area contributed by atoms with Crippen molar-refractivity contribution in [2.24, 2.45) is 0 Å². The van der Waals surface area contributed by atoms with Crippen LogP contribution in [-0.4, -0.2) is 43.8 Å². The predicted octanol–water partition coefficient (Wildman–Crippen LogP) is 1.95. The molecule has 0 saturated heterocycles. The second-order valence-electron chi connectivity index (χ2n) is 4.64. The molecule has 118 valence electrons. The fourth-order valence-electron chi connectivity index (χ4n) is 2.22. The number of benzene rings is 1. The van der Waals surface area contributed by atoms with E-state index in [0.717, 1.165) is 14.9 Å². The first-order valence-electron chi connectivity index (χ1n) is 7.17. The minimum absolute atomic E-state index is 0.392. The van der Waals surface area contributed by atoms with Crippen molar-refractivity contribution in [2.45, 2.75) is 27.2 Å². The van der Waals surface area contributed by atoms with Gasteiger partial charge in [0.05, 0.1) is 10.7 Å². The fourth-order valence-corrected chi connectivity index (χ4v) is 2.49. The third-order valence-electron chi connectivity index (χ3n) is 3.46. The molecule has 1 amide bonds. The van der Waals surface area contributed by atoms with Crippen LogP contribution in [0.2, 0.25) is 5.02 Å². The fraction of sp³-hybridized carbons (Fsp3) is 0.429. The highest BCUT2D eigenvalue weighted by Crippen LogP contribution is 2.22. The molecule has 1 heterocycles. The molecule has 0 aliphatic heterocycles. The summed E-state index contributed by atoms with van der Waals surface area (Å²) in [5.41, 5.74) is 0.701. The van der Waals surface area contributed by atoms with Crippen molar-refractivity contribution in [2.75, 3.05) is 13.1 Å². The summed E-state index contributed by atoms with van der Waals surface area (Å²) in [4.78, 5) is 26.2. The molecule has 8 heteroatoms. The van der Waals surface area contributed by atoms with Crippen LogP contribution in [0.25, 0.3) is 5.69 Å². The quantitative estimate of drug-likeness (QED) is 0.806. The topological polar surface area (TPSA) is 73.0 Å². The number of halogens is 1. The van der Waals surface area contributed by atoms with E-state index in [1.165, 1.54) is 4.90 Å². The Bertz CT molecular complexity index is 733. The van der Waals surface area contributed by atoms with E-state index < -0.39 is 11.7 Å². The number of tetrazole rings is 1. The van der Waals surface area contributed by atoms with E-state index in [9.17, 15) is 9.59 Å². The number of para-hydroxylation sites is 1. The molecule has 0 saturated carbocycles. The maximum atomic E-state index is 12.5. The zero-order chi connectivity index (χ0) is 16.3. The van der Waals surface area contributed by atoms with Gasteiger partial charge in [0.25, 0.3) is 0 Å². The molecule has 7 nitrogen and oxygen atoms in total. The van der Waals surface area contributed by atoms with Crippen LogP contribution in [0.4, 0.5) is 4.79 Å². The number of aryl methyl sites for hydroxylation is 1. The van der Waals surface area contributed by atoms with Gasteiger partial charge in [0.15, 0.2) is 0 Å². The number of rotatable bonds is 4. The van der Waals surface area contributed by atoms with Gasteiger partial charge in [0.1, 0.15) is 0 Å². The summed E-state index contributed by atoms with van der Waals surface area (Å²) in [6, 6.07) is 4.85. The van der Waals surface area contributed by atoms with Gasteiger partial charge in [-0.3, -0.25) is 0 Å². The summed E-state index contributed by atoms with van der Waals surface area (Å²) in [5, 5.41) is 7.90. The smallest absolute Gasteiger partial charge is 0.323 e. The first-order valence-corrected chi connectivity index (χ1v) is 7.54. The Hall–Kier alpha value is -2.15. The Labute approximate surface area is 133 Å². The number of carbonyl (C=O) groups is 1. The van der Waals surface area contributed by atoms with Gasteiger partial charge in [-0.25, -0.2) is 9.59 Å². The van der Waals surface area contributed by atoms with Crippen molar-refractivity contribution in [3.05, 3.63) is 39.3 Å². The third kappa shape index (κ3) is 2.76. The Morgan fingerprint density at radius 2 is 1.91 bits per heavy atom.